The highest BCUT2D eigenvalue weighted by Gasteiger charge is 2.17. The average Bonchev–Trinajstić information content (AvgIpc) is 2.77. The van der Waals surface area contributed by atoms with E-state index in [9.17, 15) is 17.6 Å². The van der Waals surface area contributed by atoms with Crippen LogP contribution in [0.2, 0.25) is 5.02 Å². The Kier molecular flexibility index (Phi) is 3.91. The first-order valence-electron chi connectivity index (χ1n) is 6.35. The number of benzene rings is 2. The molecule has 9 heteroatoms. The molecule has 0 aliphatic rings. The minimum Gasteiger partial charge on any atom is -0.302 e. The van der Waals surface area contributed by atoms with Crippen molar-refractivity contribution >= 4 is 48.9 Å². The molecule has 2 aromatic carbocycles. The van der Waals surface area contributed by atoms with E-state index in [2.05, 4.69) is 4.72 Å². The van der Waals surface area contributed by atoms with Gasteiger partial charge in [-0.3, -0.25) is 9.52 Å². The van der Waals surface area contributed by atoms with E-state index in [1.807, 2.05) is 0 Å². The molecule has 3 aromatic rings. The molecular weight excluding hydrogens is 363 g/mol. The highest BCUT2D eigenvalue weighted by atomic mass is 35.5. The van der Waals surface area contributed by atoms with Crippen LogP contribution in [-0.2, 0) is 17.1 Å². The number of sulfonamides is 1. The summed E-state index contributed by atoms with van der Waals surface area (Å²) in [4.78, 5) is 11.5. The van der Waals surface area contributed by atoms with E-state index in [0.717, 1.165) is 17.4 Å². The van der Waals surface area contributed by atoms with E-state index in [1.165, 1.54) is 28.8 Å². The first-order valence-corrected chi connectivity index (χ1v) is 9.03. The van der Waals surface area contributed by atoms with E-state index in [0.29, 0.717) is 10.2 Å². The predicted octanol–water partition coefficient (Wildman–Crippen LogP) is 3.19. The third-order valence-corrected chi connectivity index (χ3v) is 5.91. The highest BCUT2D eigenvalue weighted by Crippen LogP contribution is 2.25. The topological polar surface area (TPSA) is 68.2 Å². The molecule has 3 rings (SSSR count). The number of nitrogens with zero attached hydrogens (tertiary/aromatic N) is 1. The molecule has 0 aliphatic heterocycles. The van der Waals surface area contributed by atoms with Crippen molar-refractivity contribution in [1.82, 2.24) is 4.57 Å². The van der Waals surface area contributed by atoms with Crippen LogP contribution in [0.3, 0.4) is 0 Å². The molecule has 0 fully saturated rings. The monoisotopic (exact) mass is 372 g/mol. The van der Waals surface area contributed by atoms with E-state index in [-0.39, 0.29) is 20.5 Å². The standard InChI is InChI=1S/C14H10ClFN2O3S2/c1-18-12-5-3-9(7-13(12)22-14(18)19)23(20,21)17-8-2-4-11(16)10(15)6-8/h2-7,17H,1H3. The normalized spacial score (nSPS) is 11.8. The van der Waals surface area contributed by atoms with Gasteiger partial charge in [0.05, 0.1) is 25.8 Å². The molecule has 0 saturated carbocycles. The molecular formula is C14H10ClFN2O3S2. The number of thiazole rings is 1. The van der Waals surface area contributed by atoms with Crippen LogP contribution in [0.4, 0.5) is 10.1 Å². The van der Waals surface area contributed by atoms with Crippen molar-refractivity contribution in [2.24, 2.45) is 7.05 Å². The average molecular weight is 373 g/mol. The third-order valence-electron chi connectivity index (χ3n) is 3.25. The van der Waals surface area contributed by atoms with Crippen molar-refractivity contribution in [2.45, 2.75) is 4.90 Å². The van der Waals surface area contributed by atoms with Gasteiger partial charge in [-0.15, -0.1) is 0 Å². The number of hydrogen-bond donors (Lipinski definition) is 1. The van der Waals surface area contributed by atoms with E-state index in [1.54, 1.807) is 13.1 Å². The minimum absolute atomic E-state index is 0.00676. The molecule has 0 aliphatic carbocycles. The first-order chi connectivity index (χ1) is 10.8. The summed E-state index contributed by atoms with van der Waals surface area (Å²) in [5.74, 6) is -0.634. The van der Waals surface area contributed by atoms with Gasteiger partial charge in [0.2, 0.25) is 0 Å². The van der Waals surface area contributed by atoms with Gasteiger partial charge in [-0.2, -0.15) is 0 Å². The maximum absolute atomic E-state index is 13.1. The van der Waals surface area contributed by atoms with Crippen molar-refractivity contribution < 1.29 is 12.8 Å². The summed E-state index contributed by atoms with van der Waals surface area (Å²) in [6.45, 7) is 0. The van der Waals surface area contributed by atoms with Crippen molar-refractivity contribution in [3.8, 4) is 0 Å². The van der Waals surface area contributed by atoms with Gasteiger partial charge in [-0.05, 0) is 36.4 Å². The van der Waals surface area contributed by atoms with Crippen LogP contribution in [-0.4, -0.2) is 13.0 Å². The fraction of sp³-hybridized carbons (Fsp3) is 0.0714. The van der Waals surface area contributed by atoms with Gasteiger partial charge in [0.25, 0.3) is 10.0 Å². The van der Waals surface area contributed by atoms with Gasteiger partial charge in [-0.25, -0.2) is 12.8 Å². The third kappa shape index (κ3) is 2.97. The second-order valence-electron chi connectivity index (χ2n) is 4.79. The van der Waals surface area contributed by atoms with E-state index >= 15 is 0 Å². The van der Waals surface area contributed by atoms with E-state index < -0.39 is 15.8 Å². The summed E-state index contributed by atoms with van der Waals surface area (Å²) in [6, 6.07) is 7.94. The summed E-state index contributed by atoms with van der Waals surface area (Å²) in [5, 5.41) is -0.179. The molecule has 23 heavy (non-hydrogen) atoms. The van der Waals surface area contributed by atoms with Gasteiger partial charge in [0.15, 0.2) is 0 Å². The Bertz CT molecular complexity index is 1070. The van der Waals surface area contributed by atoms with E-state index in [4.69, 9.17) is 11.6 Å². The molecule has 0 saturated heterocycles. The number of hydrogen-bond acceptors (Lipinski definition) is 4. The molecule has 0 atom stereocenters. The number of aryl methyl sites for hydroxylation is 1. The van der Waals surface area contributed by atoms with Crippen molar-refractivity contribution in [2.75, 3.05) is 4.72 Å². The molecule has 0 spiro atoms. The van der Waals surface area contributed by atoms with Crippen LogP contribution >= 0.6 is 22.9 Å². The zero-order chi connectivity index (χ0) is 16.8. The van der Waals surface area contributed by atoms with Crippen LogP contribution in [0.5, 0.6) is 0 Å². The fourth-order valence-electron chi connectivity index (χ4n) is 2.06. The zero-order valence-corrected chi connectivity index (χ0v) is 14.1. The van der Waals surface area contributed by atoms with Gasteiger partial charge >= 0.3 is 4.87 Å². The van der Waals surface area contributed by atoms with Crippen LogP contribution in [0.25, 0.3) is 10.2 Å². The second-order valence-corrected chi connectivity index (χ2v) is 7.87. The highest BCUT2D eigenvalue weighted by molar-refractivity contribution is 7.92. The Labute approximate surface area is 140 Å². The summed E-state index contributed by atoms with van der Waals surface area (Å²) >= 11 is 6.61. The number of rotatable bonds is 3. The predicted molar refractivity (Wildman–Crippen MR) is 89.3 cm³/mol. The molecule has 1 heterocycles. The van der Waals surface area contributed by atoms with Gasteiger partial charge in [0, 0.05) is 7.05 Å². The zero-order valence-electron chi connectivity index (χ0n) is 11.7. The van der Waals surface area contributed by atoms with Crippen molar-refractivity contribution in [1.29, 1.82) is 0 Å². The summed E-state index contributed by atoms with van der Waals surface area (Å²) in [7, 11) is -2.25. The SMILES string of the molecule is Cn1c(=O)sc2cc(S(=O)(=O)Nc3ccc(F)c(Cl)c3)ccc21. The maximum atomic E-state index is 13.1. The Hall–Kier alpha value is -1.90. The first kappa shape index (κ1) is 16.0. The molecule has 0 bridgehead atoms. The number of anilines is 1. The molecule has 120 valence electrons. The lowest BCUT2D eigenvalue weighted by atomic mass is 10.3. The van der Waals surface area contributed by atoms with Crippen LogP contribution in [0.15, 0.2) is 46.1 Å². The number of fused-ring (bicyclic) bond motifs is 1. The Balaban J connectivity index is 2.01. The Morgan fingerprint density at radius 2 is 1.96 bits per heavy atom. The lowest BCUT2D eigenvalue weighted by Crippen LogP contribution is -2.13. The summed E-state index contributed by atoms with van der Waals surface area (Å²) < 4.78 is 42.3. The van der Waals surface area contributed by atoms with Crippen molar-refractivity contribution in [3.63, 3.8) is 0 Å². The molecule has 0 amide bonds. The molecule has 5 nitrogen and oxygen atoms in total. The summed E-state index contributed by atoms with van der Waals surface area (Å²) in [5.41, 5.74) is 0.807. The van der Waals surface area contributed by atoms with Crippen LogP contribution in [0.1, 0.15) is 0 Å². The molecule has 0 radical (unpaired) electrons. The second kappa shape index (κ2) is 5.63. The molecule has 0 unspecified atom stereocenters. The quantitative estimate of drug-likeness (QED) is 0.767. The maximum Gasteiger partial charge on any atom is 0.307 e. The molecule has 1 N–H and O–H groups in total. The minimum atomic E-state index is -3.87. The number of nitrogens with one attached hydrogen (secondary N) is 1. The lowest BCUT2D eigenvalue weighted by Gasteiger charge is -2.09. The van der Waals surface area contributed by atoms with Gasteiger partial charge in [0.1, 0.15) is 5.82 Å². The van der Waals surface area contributed by atoms with Crippen LogP contribution in [0, 0.1) is 5.82 Å². The fourth-order valence-corrected chi connectivity index (χ4v) is 4.30. The summed E-state index contributed by atoms with van der Waals surface area (Å²) in [6.07, 6.45) is 0. The number of halogens is 2. The van der Waals surface area contributed by atoms with Gasteiger partial charge < -0.3 is 4.57 Å². The lowest BCUT2D eigenvalue weighted by molar-refractivity contribution is 0.601. The van der Waals surface area contributed by atoms with Crippen molar-refractivity contribution in [3.05, 3.63) is 56.9 Å². The van der Waals surface area contributed by atoms with Crippen LogP contribution < -0.4 is 9.60 Å². The van der Waals surface area contributed by atoms with Gasteiger partial charge in [-0.1, -0.05) is 22.9 Å². The Morgan fingerprint density at radius 1 is 1.22 bits per heavy atom. The molecule has 1 aromatic heterocycles. The number of aromatic nitrogens is 1. The largest absolute Gasteiger partial charge is 0.307 e. The smallest absolute Gasteiger partial charge is 0.302 e. The Morgan fingerprint density at radius 3 is 2.65 bits per heavy atom.